The molecule has 5 aromatic rings. The Labute approximate surface area is 680 Å². The van der Waals surface area contributed by atoms with Gasteiger partial charge in [-0.05, 0) is 105 Å². The van der Waals surface area contributed by atoms with Crippen molar-refractivity contribution < 1.29 is 92.3 Å². The van der Waals surface area contributed by atoms with Crippen LogP contribution < -0.4 is 86.3 Å². The number of primary amides is 1. The number of benzene rings is 3. The lowest BCUT2D eigenvalue weighted by molar-refractivity contribution is -0.142. The Morgan fingerprint density at radius 3 is 1.60 bits per heavy atom. The van der Waals surface area contributed by atoms with Gasteiger partial charge in [-0.3, -0.25) is 77.3 Å². The number of phenolic OH excluding ortho intramolecular Hbond substituents is 1. The molecule has 1 saturated heterocycles. The molecule has 3 heterocycles. The van der Waals surface area contributed by atoms with Crippen molar-refractivity contribution in [3.8, 4) is 5.75 Å². The van der Waals surface area contributed by atoms with Crippen molar-refractivity contribution in [2.75, 3.05) is 39.4 Å². The fourth-order valence-electron chi connectivity index (χ4n) is 13.1. The molecule has 14 amide bonds. The summed E-state index contributed by atoms with van der Waals surface area (Å²) in [5, 5.41) is 81.9. The number of nitrogens with zero attached hydrogens (tertiary/aromatic N) is 2. The Bertz CT molecular complexity index is 4240. The molecule has 0 bridgehead atoms. The number of H-pyrrole nitrogens is 2. The summed E-state index contributed by atoms with van der Waals surface area (Å²) in [5.41, 5.74) is 19.2. The van der Waals surface area contributed by atoms with Crippen LogP contribution >= 0.6 is 0 Å². The molecule has 12 unspecified atom stereocenters. The second-order valence-electron chi connectivity index (χ2n) is 29.0. The van der Waals surface area contributed by atoms with Crippen molar-refractivity contribution in [1.82, 2.24) is 89.0 Å². The van der Waals surface area contributed by atoms with Gasteiger partial charge in [-0.1, -0.05) is 94.3 Å². The van der Waals surface area contributed by atoms with Gasteiger partial charge in [-0.15, -0.1) is 0 Å². The number of carboxylic acid groups (broad SMARTS) is 1. The average molecular weight is 1650 g/mol. The number of aromatic hydroxyl groups is 1. The maximum atomic E-state index is 15.2. The number of aliphatic carboxylic acids is 1. The van der Waals surface area contributed by atoms with Crippen LogP contribution in [0.4, 0.5) is 0 Å². The molecule has 26 N–H and O–H groups in total. The number of guanidine groups is 1. The Kier molecular flexibility index (Phi) is 38.4. The fraction of sp³-hybridized carbons (Fsp3) is 0.500. The van der Waals surface area contributed by atoms with E-state index in [4.69, 9.17) is 22.6 Å². The summed E-state index contributed by atoms with van der Waals surface area (Å²) in [6.07, 6.45) is 3.75. The number of fused-ring (bicyclic) bond motifs is 1. The van der Waals surface area contributed by atoms with Crippen LogP contribution in [0.1, 0.15) is 127 Å². The predicted molar refractivity (Wildman–Crippen MR) is 428 cm³/mol. The Balaban J connectivity index is 1.25. The first-order valence-electron chi connectivity index (χ1n) is 39.1. The minimum Gasteiger partial charge on any atom is -0.508 e. The molecule has 0 saturated carbocycles. The van der Waals surface area contributed by atoms with Crippen LogP contribution in [-0.2, 0) is 97.6 Å². The molecular weight excluding hydrogens is 1530 g/mol. The van der Waals surface area contributed by atoms with E-state index in [1.54, 1.807) is 81.6 Å². The SMILES string of the molecule is CCCCC(NC(=O)C(CO)NC(=O)C(Cc1ccc(O)cc1)NC(=O)C(CO)NC(C)=O)C(=O)NC(CCC(=O)O)C(=O)NC(Cc1c[nH]cn1)C(=O)NC(Cc1ccccc1)C(=O)NC(CCCNC(=N)N)C(=O)NC(Cc1c[nH]c2ccccc12)C(=O)NCC(=O)NC(CCCCN)C(=O)N1CCCC1C(=O)NC(C(N)=O)C(C)C. The molecule has 118 heavy (non-hydrogen) atoms. The highest BCUT2D eigenvalue weighted by Gasteiger charge is 2.41. The molecule has 1 aliphatic heterocycles. The third-order valence-corrected chi connectivity index (χ3v) is 19.4. The number of hydrogen-bond donors (Lipinski definition) is 23. The summed E-state index contributed by atoms with van der Waals surface area (Å²) in [6, 6.07) is 2.98. The standard InChI is InChI=1S/C78H111N21O19/c1-5-6-19-52(91-75(116)61(41-101)97-72(113)57(34-46-24-26-49(103)27-25-46)94-74(115)60(40-100)88-44(4)102)68(109)92-54(28-29-64(105)106)70(111)96-59(36-48-38-83-42-87-48)73(114)93-56(33-45-16-8-7-9-17-45)71(112)90-53(22-14-31-84-78(81)82)69(110)95-58(35-47-37-85-51-20-11-10-18-50(47)51)67(108)86-39-63(104)89-55(21-12-13-30-79)77(118)99-32-15-23-62(99)76(117)98-65(43(2)3)66(80)107/h7-11,16-18,20,24-27,37-38,42-43,52-62,65,85,100-101,103H,5-6,12-15,19,21-23,28-36,39-41,79H2,1-4H3,(H2,80,107)(H,83,87)(H,86,108)(H,88,102)(H,89,104)(H,90,112)(H,91,116)(H,92,109)(H,93,114)(H,94,115)(H,95,110)(H,96,111)(H,97,113)(H,98,117)(H,105,106)(H4,81,82,84). The van der Waals surface area contributed by atoms with E-state index in [9.17, 15) is 78.0 Å². The maximum Gasteiger partial charge on any atom is 0.303 e. The lowest BCUT2D eigenvalue weighted by Crippen LogP contribution is -2.61. The number of unbranched alkanes of at least 4 members (excludes halogenated alkanes) is 2. The van der Waals surface area contributed by atoms with Crippen molar-refractivity contribution in [2.45, 2.75) is 203 Å². The van der Waals surface area contributed by atoms with Crippen LogP contribution in [0.3, 0.4) is 0 Å². The topological polar surface area (TPSA) is 643 Å². The number of carbonyl (C=O) groups is 15. The summed E-state index contributed by atoms with van der Waals surface area (Å²) in [4.78, 5) is 220. The monoisotopic (exact) mass is 1650 g/mol. The summed E-state index contributed by atoms with van der Waals surface area (Å²) >= 11 is 0. The van der Waals surface area contributed by atoms with Gasteiger partial charge in [0, 0.05) is 75.4 Å². The number of aliphatic hydroxyl groups excluding tert-OH is 2. The summed E-state index contributed by atoms with van der Waals surface area (Å²) < 4.78 is 0. The van der Waals surface area contributed by atoms with Crippen molar-refractivity contribution in [3.05, 3.63) is 120 Å². The van der Waals surface area contributed by atoms with E-state index >= 15 is 14.4 Å². The van der Waals surface area contributed by atoms with E-state index in [0.717, 1.165) is 6.92 Å². The highest BCUT2D eigenvalue weighted by atomic mass is 16.4. The van der Waals surface area contributed by atoms with E-state index in [0.29, 0.717) is 53.3 Å². The molecule has 0 radical (unpaired) electrons. The molecule has 642 valence electrons. The number of likely N-dealkylation sites (tertiary alicyclic amines) is 1. The first-order valence-corrected chi connectivity index (χ1v) is 39.1. The summed E-state index contributed by atoms with van der Waals surface area (Å²) in [7, 11) is 0. The van der Waals surface area contributed by atoms with Gasteiger partial charge in [-0.25, -0.2) is 4.98 Å². The molecular formula is C78H111N21O19. The van der Waals surface area contributed by atoms with Crippen molar-refractivity contribution >= 4 is 106 Å². The van der Waals surface area contributed by atoms with Crippen LogP contribution in [-0.4, -0.2) is 247 Å². The predicted octanol–water partition coefficient (Wildman–Crippen LogP) is -4.10. The van der Waals surface area contributed by atoms with E-state index in [-0.39, 0.29) is 94.8 Å². The molecule has 3 aromatic carbocycles. The number of carbonyl (C=O) groups excluding carboxylic acids is 14. The summed E-state index contributed by atoms with van der Waals surface area (Å²) in [6.45, 7) is 3.96. The number of phenols is 1. The number of carboxylic acids is 1. The van der Waals surface area contributed by atoms with Crippen LogP contribution in [0.15, 0.2) is 97.6 Å². The lowest BCUT2D eigenvalue weighted by Gasteiger charge is -2.30. The zero-order valence-corrected chi connectivity index (χ0v) is 66.3. The fourth-order valence-corrected chi connectivity index (χ4v) is 13.1. The minimum atomic E-state index is -1.83. The second kappa shape index (κ2) is 48.1. The van der Waals surface area contributed by atoms with Gasteiger partial charge in [0.15, 0.2) is 5.96 Å². The first-order chi connectivity index (χ1) is 56.3. The number of aliphatic hydroxyl groups is 2. The summed E-state index contributed by atoms with van der Waals surface area (Å²) in [5.74, 6) is -15.1. The molecule has 40 nitrogen and oxygen atoms in total. The second-order valence-corrected chi connectivity index (χ2v) is 29.0. The molecule has 0 aliphatic carbocycles. The number of hydrogen-bond acceptors (Lipinski definition) is 21. The Morgan fingerprint density at radius 1 is 0.559 bits per heavy atom. The smallest absolute Gasteiger partial charge is 0.303 e. The number of amides is 14. The normalized spacial score (nSPS) is 15.2. The largest absolute Gasteiger partial charge is 0.508 e. The number of imidazole rings is 1. The highest BCUT2D eigenvalue weighted by Crippen LogP contribution is 2.23. The van der Waals surface area contributed by atoms with Crippen molar-refractivity contribution in [1.29, 1.82) is 5.41 Å². The van der Waals surface area contributed by atoms with Crippen LogP contribution in [0, 0.1) is 11.3 Å². The molecule has 12 atom stereocenters. The quantitative estimate of drug-likeness (QED) is 0.01000. The van der Waals surface area contributed by atoms with Gasteiger partial charge < -0.3 is 122 Å². The number of aromatic nitrogens is 3. The number of para-hydroxylation sites is 1. The van der Waals surface area contributed by atoms with Gasteiger partial charge in [0.1, 0.15) is 78.3 Å². The van der Waals surface area contributed by atoms with Gasteiger partial charge in [0.25, 0.3) is 0 Å². The van der Waals surface area contributed by atoms with Crippen LogP contribution in [0.2, 0.25) is 0 Å². The molecule has 1 fully saturated rings. The number of nitrogens with two attached hydrogens (primary N) is 3. The van der Waals surface area contributed by atoms with E-state index in [2.05, 4.69) is 84.1 Å². The van der Waals surface area contributed by atoms with Gasteiger partial charge in [0.2, 0.25) is 82.7 Å². The zero-order valence-electron chi connectivity index (χ0n) is 66.3. The maximum absolute atomic E-state index is 15.2. The molecule has 2 aromatic heterocycles. The number of rotatable bonds is 50. The van der Waals surface area contributed by atoms with Gasteiger partial charge in [0.05, 0.1) is 31.8 Å². The molecule has 1 aliphatic rings. The Morgan fingerprint density at radius 2 is 1.07 bits per heavy atom. The highest BCUT2D eigenvalue weighted by molar-refractivity contribution is 6.00. The average Bonchev–Trinajstić information content (AvgIpc) is 1.64. The van der Waals surface area contributed by atoms with Crippen molar-refractivity contribution in [3.63, 3.8) is 0 Å². The van der Waals surface area contributed by atoms with E-state index < -0.39 is 206 Å². The zero-order chi connectivity index (χ0) is 86.5. The minimum absolute atomic E-state index is 0.00439. The van der Waals surface area contributed by atoms with Crippen molar-refractivity contribution in [2.24, 2.45) is 23.1 Å². The molecule has 0 spiro atoms. The van der Waals surface area contributed by atoms with E-state index in [1.165, 1.54) is 41.7 Å². The van der Waals surface area contributed by atoms with Gasteiger partial charge in [-0.2, -0.15) is 0 Å². The van der Waals surface area contributed by atoms with Gasteiger partial charge >= 0.3 is 5.97 Å². The third kappa shape index (κ3) is 30.6. The molecule has 6 rings (SSSR count). The van der Waals surface area contributed by atoms with Crippen LogP contribution in [0.5, 0.6) is 5.75 Å². The number of nitrogens with one attached hydrogen (secondary N) is 16. The third-order valence-electron chi connectivity index (χ3n) is 19.4. The van der Waals surface area contributed by atoms with Crippen LogP contribution in [0.25, 0.3) is 10.9 Å². The number of aromatic amines is 2. The Hall–Kier alpha value is -12.6. The lowest BCUT2D eigenvalue weighted by atomic mass is 10.0. The van der Waals surface area contributed by atoms with E-state index in [1.807, 2.05) is 0 Å². The first kappa shape index (κ1) is 94.3. The molecule has 40 heteroatoms.